The smallest absolute Gasteiger partial charge is 0.126 e. The lowest BCUT2D eigenvalue weighted by molar-refractivity contribution is 0.616. The summed E-state index contributed by atoms with van der Waals surface area (Å²) in [6.45, 7) is 20.4. The maximum absolute atomic E-state index is 12.9. The second-order valence-electron chi connectivity index (χ2n) is 5.95. The quantitative estimate of drug-likeness (QED) is 0.514. The van der Waals surface area contributed by atoms with Gasteiger partial charge in [0.25, 0.3) is 0 Å². The highest BCUT2D eigenvalue weighted by Gasteiger charge is 2.01. The highest BCUT2D eigenvalue weighted by Crippen LogP contribution is 2.15. The molecule has 142 valence electrons. The second-order valence-corrected chi connectivity index (χ2v) is 5.95. The number of halogens is 1. The van der Waals surface area contributed by atoms with Crippen LogP contribution >= 0.6 is 0 Å². The molecule has 2 aromatic carbocycles. The van der Waals surface area contributed by atoms with Crippen molar-refractivity contribution in [2.45, 2.75) is 81.6 Å². The molecule has 25 heavy (non-hydrogen) atoms. The van der Waals surface area contributed by atoms with E-state index >= 15 is 0 Å². The lowest BCUT2D eigenvalue weighted by Crippen LogP contribution is -1.91. The Hall–Kier alpha value is -1.63. The SMILES string of the molecule is CC.CC.CCc1cc(C)c(F)cc1C.Cc1cccc(C(C)C)c1. The molecule has 0 aliphatic heterocycles. The normalized spacial score (nSPS) is 9.12. The first-order valence-electron chi connectivity index (χ1n) is 9.67. The number of benzene rings is 2. The molecule has 0 aliphatic carbocycles. The van der Waals surface area contributed by atoms with Crippen LogP contribution in [0.3, 0.4) is 0 Å². The van der Waals surface area contributed by atoms with Gasteiger partial charge in [0, 0.05) is 0 Å². The minimum Gasteiger partial charge on any atom is -0.207 e. The van der Waals surface area contributed by atoms with Gasteiger partial charge in [-0.15, -0.1) is 0 Å². The van der Waals surface area contributed by atoms with E-state index in [2.05, 4.69) is 52.0 Å². The Morgan fingerprint density at radius 2 is 1.40 bits per heavy atom. The second kappa shape index (κ2) is 14.7. The number of rotatable bonds is 2. The number of hydrogen-bond acceptors (Lipinski definition) is 0. The molecule has 0 fully saturated rings. The molecule has 0 unspecified atom stereocenters. The minimum absolute atomic E-state index is 0.0975. The van der Waals surface area contributed by atoms with Crippen LogP contribution in [-0.4, -0.2) is 0 Å². The molecule has 0 aromatic heterocycles. The third-order valence-corrected chi connectivity index (χ3v) is 3.71. The van der Waals surface area contributed by atoms with Gasteiger partial charge >= 0.3 is 0 Å². The Balaban J connectivity index is 0. The minimum atomic E-state index is -0.0975. The average Bonchev–Trinajstić information content (AvgIpc) is 2.62. The number of hydrogen-bond donors (Lipinski definition) is 0. The van der Waals surface area contributed by atoms with Crippen molar-refractivity contribution in [1.82, 2.24) is 0 Å². The van der Waals surface area contributed by atoms with Crippen LogP contribution in [0.1, 0.15) is 82.2 Å². The van der Waals surface area contributed by atoms with Crippen LogP contribution in [-0.2, 0) is 6.42 Å². The highest BCUT2D eigenvalue weighted by atomic mass is 19.1. The Bertz CT molecular complexity index is 583. The lowest BCUT2D eigenvalue weighted by atomic mass is 10.0. The van der Waals surface area contributed by atoms with Crippen LogP contribution in [0.25, 0.3) is 0 Å². The van der Waals surface area contributed by atoms with E-state index in [0.717, 1.165) is 17.5 Å². The van der Waals surface area contributed by atoms with E-state index < -0.39 is 0 Å². The van der Waals surface area contributed by atoms with E-state index in [-0.39, 0.29) is 5.82 Å². The van der Waals surface area contributed by atoms with E-state index in [1.165, 1.54) is 16.7 Å². The van der Waals surface area contributed by atoms with E-state index in [4.69, 9.17) is 0 Å². The third kappa shape index (κ3) is 10.1. The third-order valence-electron chi connectivity index (χ3n) is 3.71. The van der Waals surface area contributed by atoms with Gasteiger partial charge in [0.2, 0.25) is 0 Å². The van der Waals surface area contributed by atoms with E-state index in [1.807, 2.05) is 40.7 Å². The molecule has 0 saturated carbocycles. The van der Waals surface area contributed by atoms with Crippen molar-refractivity contribution in [2.24, 2.45) is 0 Å². The standard InChI is InChI=1S/C10H13F.C10H14.2C2H6/c1-4-9-5-8(3)10(11)6-7(9)2;1-8(2)10-6-4-5-9(3)7-10;2*1-2/h5-6H,4H2,1-3H3;4-8H,1-3H3;2*1-2H3. The van der Waals surface area contributed by atoms with Gasteiger partial charge in [0.1, 0.15) is 5.82 Å². The van der Waals surface area contributed by atoms with Crippen molar-refractivity contribution >= 4 is 0 Å². The molecule has 0 atom stereocenters. The summed E-state index contributed by atoms with van der Waals surface area (Å²) in [6.07, 6.45) is 0.979. The summed E-state index contributed by atoms with van der Waals surface area (Å²) in [5.74, 6) is 0.555. The predicted molar refractivity (Wildman–Crippen MR) is 113 cm³/mol. The molecule has 0 aliphatic rings. The molecule has 0 saturated heterocycles. The predicted octanol–water partition coefficient (Wildman–Crippen LogP) is 8.18. The first-order chi connectivity index (χ1) is 11.8. The fourth-order valence-electron chi connectivity index (χ4n) is 2.25. The Morgan fingerprint density at radius 3 is 1.80 bits per heavy atom. The van der Waals surface area contributed by atoms with E-state index in [0.29, 0.717) is 5.92 Å². The number of aryl methyl sites for hydroxylation is 4. The lowest BCUT2D eigenvalue weighted by Gasteiger charge is -2.04. The molecule has 0 nitrogen and oxygen atoms in total. The monoisotopic (exact) mass is 346 g/mol. The van der Waals surface area contributed by atoms with Crippen molar-refractivity contribution in [2.75, 3.05) is 0 Å². The van der Waals surface area contributed by atoms with Crippen molar-refractivity contribution in [3.8, 4) is 0 Å². The summed E-state index contributed by atoms with van der Waals surface area (Å²) in [6, 6.07) is 12.2. The summed E-state index contributed by atoms with van der Waals surface area (Å²) in [4.78, 5) is 0. The van der Waals surface area contributed by atoms with Gasteiger partial charge in [0.05, 0.1) is 0 Å². The fraction of sp³-hybridized carbons (Fsp3) is 0.500. The molecule has 0 radical (unpaired) electrons. The Morgan fingerprint density at radius 1 is 0.840 bits per heavy atom. The molecule has 1 heteroatoms. The summed E-state index contributed by atoms with van der Waals surface area (Å²) in [7, 11) is 0. The van der Waals surface area contributed by atoms with Crippen molar-refractivity contribution in [1.29, 1.82) is 0 Å². The summed E-state index contributed by atoms with van der Waals surface area (Å²) >= 11 is 0. The van der Waals surface area contributed by atoms with Gasteiger partial charge in [0.15, 0.2) is 0 Å². The van der Waals surface area contributed by atoms with Crippen LogP contribution in [0, 0.1) is 26.6 Å². The zero-order valence-corrected chi connectivity index (χ0v) is 18.1. The molecular weight excluding hydrogens is 307 g/mol. The maximum atomic E-state index is 12.9. The van der Waals surface area contributed by atoms with Crippen LogP contribution in [0.15, 0.2) is 36.4 Å². The zero-order chi connectivity index (χ0) is 20.0. The summed E-state index contributed by atoms with van der Waals surface area (Å²) in [5, 5.41) is 0. The molecular formula is C24H39F. The molecule has 0 amide bonds. The maximum Gasteiger partial charge on any atom is 0.126 e. The van der Waals surface area contributed by atoms with Gasteiger partial charge in [-0.3, -0.25) is 0 Å². The van der Waals surface area contributed by atoms with E-state index in [9.17, 15) is 4.39 Å². The molecule has 2 rings (SSSR count). The van der Waals surface area contributed by atoms with Crippen LogP contribution in [0.5, 0.6) is 0 Å². The molecule has 2 aromatic rings. The highest BCUT2D eigenvalue weighted by molar-refractivity contribution is 5.31. The van der Waals surface area contributed by atoms with Crippen molar-refractivity contribution in [3.05, 3.63) is 70.0 Å². The molecule has 0 bridgehead atoms. The van der Waals surface area contributed by atoms with Gasteiger partial charge in [-0.05, 0) is 61.4 Å². The Kier molecular flexibility index (Phi) is 15.0. The molecule has 0 heterocycles. The van der Waals surface area contributed by atoms with Crippen LogP contribution in [0.4, 0.5) is 4.39 Å². The van der Waals surface area contributed by atoms with Gasteiger partial charge in [-0.1, -0.05) is 84.4 Å². The van der Waals surface area contributed by atoms with Crippen molar-refractivity contribution < 1.29 is 4.39 Å². The van der Waals surface area contributed by atoms with Crippen LogP contribution < -0.4 is 0 Å². The average molecular weight is 347 g/mol. The van der Waals surface area contributed by atoms with Crippen molar-refractivity contribution in [3.63, 3.8) is 0 Å². The van der Waals surface area contributed by atoms with Gasteiger partial charge < -0.3 is 0 Å². The largest absolute Gasteiger partial charge is 0.207 e. The first kappa shape index (κ1) is 25.6. The summed E-state index contributed by atoms with van der Waals surface area (Å²) in [5.41, 5.74) is 5.82. The first-order valence-corrected chi connectivity index (χ1v) is 9.67. The summed E-state index contributed by atoms with van der Waals surface area (Å²) < 4.78 is 12.9. The van der Waals surface area contributed by atoms with Crippen LogP contribution in [0.2, 0.25) is 0 Å². The molecule has 0 spiro atoms. The van der Waals surface area contributed by atoms with Gasteiger partial charge in [-0.25, -0.2) is 4.39 Å². The van der Waals surface area contributed by atoms with Gasteiger partial charge in [-0.2, -0.15) is 0 Å². The topological polar surface area (TPSA) is 0 Å². The Labute approximate surface area is 156 Å². The molecule has 0 N–H and O–H groups in total. The fourth-order valence-corrected chi connectivity index (χ4v) is 2.25. The zero-order valence-electron chi connectivity index (χ0n) is 18.1. The van der Waals surface area contributed by atoms with E-state index in [1.54, 1.807) is 13.0 Å².